The highest BCUT2D eigenvalue weighted by molar-refractivity contribution is 5.69. The smallest absolute Gasteiger partial charge is 0.410 e. The number of anilines is 1. The molecule has 1 amide bonds. The van der Waals surface area contributed by atoms with Gasteiger partial charge in [-0.25, -0.2) is 4.79 Å². The van der Waals surface area contributed by atoms with Crippen LogP contribution in [-0.4, -0.2) is 29.7 Å². The van der Waals surface area contributed by atoms with Crippen LogP contribution in [-0.2, 0) is 11.3 Å². The van der Waals surface area contributed by atoms with Crippen LogP contribution in [0.4, 0.5) is 10.5 Å². The fourth-order valence-electron chi connectivity index (χ4n) is 1.93. The topological polar surface area (TPSA) is 64.8 Å². The minimum Gasteiger partial charge on any atom is -0.489 e. The lowest BCUT2D eigenvalue weighted by molar-refractivity contribution is 0.0225. The van der Waals surface area contributed by atoms with Crippen molar-refractivity contribution in [3.05, 3.63) is 23.8 Å². The highest BCUT2D eigenvalue weighted by atomic mass is 16.6. The Balaban J connectivity index is 2.16. The van der Waals surface area contributed by atoms with Gasteiger partial charge in [0.15, 0.2) is 0 Å². The van der Waals surface area contributed by atoms with Gasteiger partial charge in [-0.15, -0.1) is 0 Å². The molecular formula is C14H20N2O3. The van der Waals surface area contributed by atoms with Crippen LogP contribution in [0.2, 0.25) is 0 Å². The fourth-order valence-corrected chi connectivity index (χ4v) is 1.93. The predicted octanol–water partition coefficient (Wildman–Crippen LogP) is 2.40. The van der Waals surface area contributed by atoms with Crippen molar-refractivity contribution in [2.24, 2.45) is 0 Å². The first-order valence-corrected chi connectivity index (χ1v) is 6.35. The standard InChI is InChI=1S/C14H20N2O3/c1-14(2,3)19-13(17)16-7-8-18-12-10(9-16)5-4-6-11(12)15/h4-6H,7-9,15H2,1-3H3. The summed E-state index contributed by atoms with van der Waals surface area (Å²) in [5.41, 5.74) is 6.88. The summed E-state index contributed by atoms with van der Waals surface area (Å²) in [7, 11) is 0. The Kier molecular flexibility index (Phi) is 3.55. The monoisotopic (exact) mass is 264 g/mol. The molecule has 5 heteroatoms. The molecule has 1 aliphatic rings. The predicted molar refractivity (Wildman–Crippen MR) is 73.0 cm³/mol. The lowest BCUT2D eigenvalue weighted by atomic mass is 10.1. The Bertz CT molecular complexity index is 480. The number of carbonyl (C=O) groups excluding carboxylic acids is 1. The number of benzene rings is 1. The molecule has 1 aromatic rings. The van der Waals surface area contributed by atoms with Crippen molar-refractivity contribution in [3.63, 3.8) is 0 Å². The Labute approximate surface area is 113 Å². The van der Waals surface area contributed by atoms with Crippen molar-refractivity contribution >= 4 is 11.8 Å². The number of nitrogens with zero attached hydrogens (tertiary/aromatic N) is 1. The fraction of sp³-hybridized carbons (Fsp3) is 0.500. The number of ether oxygens (including phenoxy) is 2. The van der Waals surface area contributed by atoms with Crippen LogP contribution in [0.5, 0.6) is 5.75 Å². The summed E-state index contributed by atoms with van der Waals surface area (Å²) in [6.07, 6.45) is -0.327. The van der Waals surface area contributed by atoms with E-state index in [0.717, 1.165) is 5.56 Å². The van der Waals surface area contributed by atoms with E-state index in [1.165, 1.54) is 0 Å². The van der Waals surface area contributed by atoms with Gasteiger partial charge in [-0.3, -0.25) is 0 Å². The summed E-state index contributed by atoms with van der Waals surface area (Å²) in [5, 5.41) is 0. The lowest BCUT2D eigenvalue weighted by Crippen LogP contribution is -2.37. The molecule has 104 valence electrons. The maximum absolute atomic E-state index is 12.1. The molecule has 19 heavy (non-hydrogen) atoms. The molecule has 0 saturated heterocycles. The van der Waals surface area contributed by atoms with E-state index in [2.05, 4.69) is 0 Å². The third-order valence-corrected chi connectivity index (χ3v) is 2.75. The molecule has 0 unspecified atom stereocenters. The van der Waals surface area contributed by atoms with Gasteiger partial charge in [-0.1, -0.05) is 12.1 Å². The second kappa shape index (κ2) is 4.99. The van der Waals surface area contributed by atoms with E-state index in [1.54, 1.807) is 11.0 Å². The zero-order chi connectivity index (χ0) is 14.0. The molecule has 0 spiro atoms. The van der Waals surface area contributed by atoms with Gasteiger partial charge in [0, 0.05) is 5.56 Å². The maximum Gasteiger partial charge on any atom is 0.410 e. The Morgan fingerprint density at radius 3 is 2.84 bits per heavy atom. The summed E-state index contributed by atoms with van der Waals surface area (Å²) >= 11 is 0. The molecule has 0 bridgehead atoms. The van der Waals surface area contributed by atoms with Crippen LogP contribution in [0, 0.1) is 0 Å². The van der Waals surface area contributed by atoms with Gasteiger partial charge in [0.1, 0.15) is 18.0 Å². The van der Waals surface area contributed by atoms with Crippen molar-refractivity contribution in [1.82, 2.24) is 4.90 Å². The molecule has 0 saturated carbocycles. The van der Waals surface area contributed by atoms with Crippen LogP contribution >= 0.6 is 0 Å². The van der Waals surface area contributed by atoms with E-state index in [4.69, 9.17) is 15.2 Å². The number of fused-ring (bicyclic) bond motifs is 1. The Hall–Kier alpha value is -1.91. The molecule has 1 aliphatic heterocycles. The highest BCUT2D eigenvalue weighted by Crippen LogP contribution is 2.29. The lowest BCUT2D eigenvalue weighted by Gasteiger charge is -2.26. The number of para-hydroxylation sites is 1. The van der Waals surface area contributed by atoms with Gasteiger partial charge in [-0.05, 0) is 26.8 Å². The average Bonchev–Trinajstić information content (AvgIpc) is 2.50. The number of rotatable bonds is 0. The molecule has 1 aromatic carbocycles. The molecule has 0 radical (unpaired) electrons. The maximum atomic E-state index is 12.1. The minimum atomic E-state index is -0.497. The number of nitrogens with two attached hydrogens (primary N) is 1. The van der Waals surface area contributed by atoms with Gasteiger partial charge in [0.05, 0.1) is 18.8 Å². The molecule has 2 rings (SSSR count). The summed E-state index contributed by atoms with van der Waals surface area (Å²) < 4.78 is 11.0. The summed E-state index contributed by atoms with van der Waals surface area (Å²) in [5.74, 6) is 0.675. The zero-order valence-corrected chi connectivity index (χ0v) is 11.6. The third kappa shape index (κ3) is 3.30. The highest BCUT2D eigenvalue weighted by Gasteiger charge is 2.25. The van der Waals surface area contributed by atoms with Crippen LogP contribution in [0.25, 0.3) is 0 Å². The van der Waals surface area contributed by atoms with E-state index in [0.29, 0.717) is 31.1 Å². The second-order valence-corrected chi connectivity index (χ2v) is 5.59. The SMILES string of the molecule is CC(C)(C)OC(=O)N1CCOc2c(N)cccc2C1. The van der Waals surface area contributed by atoms with Gasteiger partial charge >= 0.3 is 6.09 Å². The van der Waals surface area contributed by atoms with Crippen LogP contribution in [0.15, 0.2) is 18.2 Å². The average molecular weight is 264 g/mol. The molecule has 0 aromatic heterocycles. The van der Waals surface area contributed by atoms with Gasteiger partial charge in [0.2, 0.25) is 0 Å². The first kappa shape index (κ1) is 13.5. The van der Waals surface area contributed by atoms with Crippen LogP contribution in [0.1, 0.15) is 26.3 Å². The quantitative estimate of drug-likeness (QED) is 0.731. The molecule has 0 fully saturated rings. The van der Waals surface area contributed by atoms with E-state index in [-0.39, 0.29) is 6.09 Å². The van der Waals surface area contributed by atoms with Crippen molar-refractivity contribution in [2.45, 2.75) is 32.9 Å². The number of hydrogen-bond acceptors (Lipinski definition) is 4. The van der Waals surface area contributed by atoms with E-state index in [1.807, 2.05) is 32.9 Å². The zero-order valence-electron chi connectivity index (χ0n) is 11.6. The third-order valence-electron chi connectivity index (χ3n) is 2.75. The summed E-state index contributed by atoms with van der Waals surface area (Å²) in [6.45, 7) is 6.92. The molecule has 1 heterocycles. The molecule has 0 aliphatic carbocycles. The van der Waals surface area contributed by atoms with Gasteiger partial charge < -0.3 is 20.1 Å². The van der Waals surface area contributed by atoms with E-state index < -0.39 is 5.60 Å². The van der Waals surface area contributed by atoms with Crippen molar-refractivity contribution in [3.8, 4) is 5.75 Å². The number of hydrogen-bond donors (Lipinski definition) is 1. The largest absolute Gasteiger partial charge is 0.489 e. The Morgan fingerprint density at radius 2 is 2.16 bits per heavy atom. The molecule has 5 nitrogen and oxygen atoms in total. The van der Waals surface area contributed by atoms with E-state index >= 15 is 0 Å². The summed E-state index contributed by atoms with van der Waals surface area (Å²) in [6, 6.07) is 5.56. The number of nitrogen functional groups attached to an aromatic ring is 1. The van der Waals surface area contributed by atoms with Crippen LogP contribution < -0.4 is 10.5 Å². The van der Waals surface area contributed by atoms with Crippen molar-refractivity contribution < 1.29 is 14.3 Å². The Morgan fingerprint density at radius 1 is 1.42 bits per heavy atom. The molecule has 2 N–H and O–H groups in total. The second-order valence-electron chi connectivity index (χ2n) is 5.59. The first-order chi connectivity index (χ1) is 8.87. The molecular weight excluding hydrogens is 244 g/mol. The van der Waals surface area contributed by atoms with Gasteiger partial charge in [-0.2, -0.15) is 0 Å². The minimum absolute atomic E-state index is 0.327. The first-order valence-electron chi connectivity index (χ1n) is 6.35. The van der Waals surface area contributed by atoms with Gasteiger partial charge in [0.25, 0.3) is 0 Å². The van der Waals surface area contributed by atoms with Crippen LogP contribution in [0.3, 0.4) is 0 Å². The number of carbonyl (C=O) groups is 1. The number of amides is 1. The molecule has 0 atom stereocenters. The normalized spacial score (nSPS) is 15.2. The van der Waals surface area contributed by atoms with E-state index in [9.17, 15) is 4.79 Å². The van der Waals surface area contributed by atoms with Crippen molar-refractivity contribution in [1.29, 1.82) is 0 Å². The van der Waals surface area contributed by atoms with Crippen molar-refractivity contribution in [2.75, 3.05) is 18.9 Å². The summed E-state index contributed by atoms with van der Waals surface area (Å²) in [4.78, 5) is 13.7.